The fourth-order valence-corrected chi connectivity index (χ4v) is 8.30. The van der Waals surface area contributed by atoms with Gasteiger partial charge in [-0.25, -0.2) is 0 Å². The number of anilines is 1. The number of carbonyl (C=O) groups excluding carboxylic acids is 3. The van der Waals surface area contributed by atoms with Crippen molar-refractivity contribution in [3.63, 3.8) is 0 Å². The van der Waals surface area contributed by atoms with Crippen LogP contribution in [0.25, 0.3) is 0 Å². The van der Waals surface area contributed by atoms with Gasteiger partial charge in [0.05, 0.1) is 30.1 Å². The van der Waals surface area contributed by atoms with Crippen LogP contribution in [0.3, 0.4) is 0 Å². The highest BCUT2D eigenvalue weighted by Crippen LogP contribution is 2.59. The quantitative estimate of drug-likeness (QED) is 0.442. The molecule has 2 fully saturated rings. The lowest BCUT2D eigenvalue weighted by Gasteiger charge is -2.42. The van der Waals surface area contributed by atoms with Crippen LogP contribution in [0.2, 0.25) is 0 Å². The van der Waals surface area contributed by atoms with E-state index in [1.807, 2.05) is 107 Å². The SMILES string of the molecule is CC[C@H](C)[C@H](CO)N1C(=O)[C@@H]2[C@@H]3C(=O)N(Cc4ccccc4)CC=C[C@]3(CC)O[C@@]23C=CCN(c2c(C)cccc2C)C(=O)C13. The highest BCUT2D eigenvalue weighted by atomic mass is 16.5. The van der Waals surface area contributed by atoms with E-state index in [0.29, 0.717) is 32.5 Å². The van der Waals surface area contributed by atoms with E-state index in [1.165, 1.54) is 0 Å². The first-order valence-electron chi connectivity index (χ1n) is 16.3. The van der Waals surface area contributed by atoms with E-state index in [2.05, 4.69) is 0 Å². The first kappa shape index (κ1) is 31.2. The van der Waals surface area contributed by atoms with Crippen LogP contribution >= 0.6 is 0 Å². The molecule has 4 aliphatic rings. The molecule has 0 radical (unpaired) electrons. The Balaban J connectivity index is 1.51. The Morgan fingerprint density at radius 3 is 2.22 bits per heavy atom. The number of hydrogen-bond acceptors (Lipinski definition) is 5. The van der Waals surface area contributed by atoms with E-state index in [4.69, 9.17) is 4.74 Å². The molecule has 7 atom stereocenters. The van der Waals surface area contributed by atoms with Gasteiger partial charge in [0.15, 0.2) is 0 Å². The maximum absolute atomic E-state index is 15.0. The van der Waals surface area contributed by atoms with Crippen LogP contribution in [0, 0.1) is 31.6 Å². The zero-order valence-corrected chi connectivity index (χ0v) is 27.0. The number of ether oxygens (including phenoxy) is 1. The molecule has 0 aliphatic carbocycles. The lowest BCUT2D eigenvalue weighted by atomic mass is 9.73. The average molecular weight is 612 g/mol. The highest BCUT2D eigenvalue weighted by molar-refractivity contribution is 6.06. The van der Waals surface area contributed by atoms with Crippen molar-refractivity contribution in [1.82, 2.24) is 9.80 Å². The second-order valence-corrected chi connectivity index (χ2v) is 13.2. The minimum atomic E-state index is -1.38. The average Bonchev–Trinajstić information content (AvgIpc) is 3.33. The number of para-hydroxylation sites is 1. The number of rotatable bonds is 8. The molecule has 45 heavy (non-hydrogen) atoms. The Labute approximate surface area is 266 Å². The summed E-state index contributed by atoms with van der Waals surface area (Å²) in [5.41, 5.74) is 1.29. The molecule has 1 N–H and O–H groups in total. The molecular weight excluding hydrogens is 566 g/mol. The van der Waals surface area contributed by atoms with Gasteiger partial charge in [0.25, 0.3) is 5.91 Å². The van der Waals surface area contributed by atoms with Crippen LogP contribution in [0.5, 0.6) is 0 Å². The van der Waals surface area contributed by atoms with Crippen LogP contribution < -0.4 is 4.90 Å². The first-order valence-corrected chi connectivity index (χ1v) is 16.3. The van der Waals surface area contributed by atoms with Gasteiger partial charge < -0.3 is 24.5 Å². The second kappa shape index (κ2) is 11.9. The van der Waals surface area contributed by atoms with Gasteiger partial charge in [-0.1, -0.05) is 100 Å². The number of aliphatic hydroxyl groups is 1. The Hall–Kier alpha value is -3.75. The smallest absolute Gasteiger partial charge is 0.253 e. The molecule has 238 valence electrons. The maximum Gasteiger partial charge on any atom is 0.253 e. The number of fused-ring (bicyclic) bond motifs is 2. The fraction of sp³-hybridized carbons (Fsp3) is 0.486. The van der Waals surface area contributed by atoms with E-state index in [9.17, 15) is 14.7 Å². The Kier molecular flexibility index (Phi) is 8.25. The number of carbonyl (C=O) groups is 3. The van der Waals surface area contributed by atoms with Crippen molar-refractivity contribution >= 4 is 23.4 Å². The van der Waals surface area contributed by atoms with Gasteiger partial charge in [-0.15, -0.1) is 0 Å². The van der Waals surface area contributed by atoms with Gasteiger partial charge in [0.1, 0.15) is 11.6 Å². The largest absolute Gasteiger partial charge is 0.394 e. The summed E-state index contributed by atoms with van der Waals surface area (Å²) in [4.78, 5) is 49.8. The van der Waals surface area contributed by atoms with Crippen LogP contribution in [0.1, 0.15) is 50.3 Å². The van der Waals surface area contributed by atoms with Crippen LogP contribution in [-0.4, -0.2) is 75.6 Å². The molecule has 2 saturated heterocycles. The van der Waals surface area contributed by atoms with Crippen molar-refractivity contribution in [3.05, 3.63) is 89.5 Å². The third kappa shape index (κ3) is 4.76. The number of amides is 3. The molecule has 4 aliphatic heterocycles. The van der Waals surface area contributed by atoms with Crippen molar-refractivity contribution in [2.24, 2.45) is 17.8 Å². The second-order valence-electron chi connectivity index (χ2n) is 13.2. The van der Waals surface area contributed by atoms with E-state index in [1.54, 1.807) is 14.7 Å². The van der Waals surface area contributed by atoms with Crippen molar-refractivity contribution in [2.75, 3.05) is 24.6 Å². The molecule has 6 rings (SSSR count). The lowest BCUT2D eigenvalue weighted by molar-refractivity contribution is -0.154. The summed E-state index contributed by atoms with van der Waals surface area (Å²) < 4.78 is 7.16. The van der Waals surface area contributed by atoms with Crippen molar-refractivity contribution in [2.45, 2.75) is 77.3 Å². The summed E-state index contributed by atoms with van der Waals surface area (Å²) in [6.45, 7) is 10.8. The van der Waals surface area contributed by atoms with E-state index < -0.39 is 35.1 Å². The van der Waals surface area contributed by atoms with Crippen LogP contribution in [0.4, 0.5) is 5.69 Å². The van der Waals surface area contributed by atoms with Crippen LogP contribution in [-0.2, 0) is 25.7 Å². The standard InChI is InChI=1S/C37H45N3O5/c1-6-24(3)28(23-41)40-32-35(44)39(31-25(4)14-11-15-26(31)5)21-13-19-37(32)30(34(40)43)29-33(42)38(22-27-16-9-8-10-17-27)20-12-18-36(29,7-2)45-37/h8-19,24,28-30,32,41H,6-7,20-23H2,1-5H3/t24-,28-,29+,30-,32?,36-,37-/m0/s1. The summed E-state index contributed by atoms with van der Waals surface area (Å²) in [6.07, 6.45) is 8.93. The van der Waals surface area contributed by atoms with Gasteiger partial charge in [-0.3, -0.25) is 14.4 Å². The molecule has 0 saturated carbocycles. The van der Waals surface area contributed by atoms with Crippen molar-refractivity contribution in [3.8, 4) is 0 Å². The number of aryl methyl sites for hydroxylation is 2. The van der Waals surface area contributed by atoms with Gasteiger partial charge in [-0.05, 0) is 42.9 Å². The first-order chi connectivity index (χ1) is 21.6. The molecule has 4 heterocycles. The highest BCUT2D eigenvalue weighted by Gasteiger charge is 2.76. The molecule has 1 unspecified atom stereocenters. The molecule has 2 aromatic carbocycles. The van der Waals surface area contributed by atoms with Crippen LogP contribution in [0.15, 0.2) is 72.8 Å². The summed E-state index contributed by atoms with van der Waals surface area (Å²) in [6, 6.07) is 14.1. The Morgan fingerprint density at radius 1 is 0.889 bits per heavy atom. The van der Waals surface area contributed by atoms with Gasteiger partial charge in [0, 0.05) is 25.3 Å². The monoisotopic (exact) mass is 611 g/mol. The van der Waals surface area contributed by atoms with Crippen molar-refractivity contribution < 1.29 is 24.2 Å². The Morgan fingerprint density at radius 2 is 1.58 bits per heavy atom. The molecule has 0 bridgehead atoms. The zero-order valence-electron chi connectivity index (χ0n) is 27.0. The van der Waals surface area contributed by atoms with E-state index in [-0.39, 0.29) is 30.2 Å². The molecular formula is C37H45N3O5. The fourth-order valence-electron chi connectivity index (χ4n) is 8.30. The molecule has 1 spiro atoms. The Bertz CT molecular complexity index is 1520. The van der Waals surface area contributed by atoms with Crippen molar-refractivity contribution in [1.29, 1.82) is 0 Å². The van der Waals surface area contributed by atoms with E-state index >= 15 is 4.79 Å². The third-order valence-corrected chi connectivity index (χ3v) is 10.7. The molecule has 0 aromatic heterocycles. The van der Waals surface area contributed by atoms with Gasteiger partial charge in [-0.2, -0.15) is 0 Å². The third-order valence-electron chi connectivity index (χ3n) is 10.7. The number of aliphatic hydroxyl groups excluding tert-OH is 1. The number of hydrogen-bond donors (Lipinski definition) is 1. The summed E-state index contributed by atoms with van der Waals surface area (Å²) in [5.74, 6) is -2.54. The minimum Gasteiger partial charge on any atom is -0.394 e. The topological polar surface area (TPSA) is 90.4 Å². The number of nitrogens with zero attached hydrogens (tertiary/aromatic N) is 3. The lowest BCUT2D eigenvalue weighted by Crippen LogP contribution is -2.60. The van der Waals surface area contributed by atoms with Gasteiger partial charge in [0.2, 0.25) is 11.8 Å². The minimum absolute atomic E-state index is 0.0845. The molecule has 8 nitrogen and oxygen atoms in total. The zero-order chi connectivity index (χ0) is 32.1. The predicted octanol–water partition coefficient (Wildman–Crippen LogP) is 4.57. The number of likely N-dealkylation sites (tertiary alicyclic amines) is 1. The summed E-state index contributed by atoms with van der Waals surface area (Å²) in [5, 5.41) is 10.8. The maximum atomic E-state index is 15.0. The molecule has 2 aromatic rings. The normalized spacial score (nSPS) is 30.6. The predicted molar refractivity (Wildman–Crippen MR) is 173 cm³/mol. The summed E-state index contributed by atoms with van der Waals surface area (Å²) in [7, 11) is 0. The summed E-state index contributed by atoms with van der Waals surface area (Å²) >= 11 is 0. The molecule has 8 heteroatoms. The van der Waals surface area contributed by atoms with E-state index in [0.717, 1.165) is 22.4 Å². The number of benzene rings is 2. The molecule has 3 amide bonds. The van der Waals surface area contributed by atoms with Gasteiger partial charge >= 0.3 is 0 Å².